The summed E-state index contributed by atoms with van der Waals surface area (Å²) in [5.41, 5.74) is 0. The molecule has 5 nitrogen and oxygen atoms in total. The predicted molar refractivity (Wildman–Crippen MR) is 122 cm³/mol. The summed E-state index contributed by atoms with van der Waals surface area (Å²) in [6.07, 6.45) is 9.71. The number of halogens is 1. The molecule has 0 aromatic carbocycles. The second-order valence-corrected chi connectivity index (χ2v) is 8.53. The fourth-order valence-corrected chi connectivity index (χ4v) is 4.83. The number of hydrogen-bond donors (Lipinski definition) is 2. The van der Waals surface area contributed by atoms with Gasteiger partial charge in [0, 0.05) is 45.3 Å². The normalized spacial score (nSPS) is 28.9. The molecule has 0 spiro atoms. The minimum Gasteiger partial charge on any atom is -0.357 e. The van der Waals surface area contributed by atoms with Crippen LogP contribution >= 0.6 is 24.0 Å². The van der Waals surface area contributed by atoms with Gasteiger partial charge in [0.1, 0.15) is 0 Å². The van der Waals surface area contributed by atoms with E-state index < -0.39 is 0 Å². The van der Waals surface area contributed by atoms with Gasteiger partial charge >= 0.3 is 0 Å². The third-order valence-corrected chi connectivity index (χ3v) is 6.18. The lowest BCUT2D eigenvalue weighted by molar-refractivity contribution is 0.214. The van der Waals surface area contributed by atoms with Crippen LogP contribution in [-0.2, 0) is 0 Å². The fourth-order valence-electron chi connectivity index (χ4n) is 4.83. The second-order valence-electron chi connectivity index (χ2n) is 8.53. The SMILES string of the molecule is CCNC(=NCC1CCCN(C)C1)NC1CCN(CC2CCCC2)C1.I. The highest BCUT2D eigenvalue weighted by molar-refractivity contribution is 14.0. The Morgan fingerprint density at radius 3 is 2.50 bits per heavy atom. The number of rotatable bonds is 6. The van der Waals surface area contributed by atoms with Crippen LogP contribution in [0.15, 0.2) is 4.99 Å². The monoisotopic (exact) mass is 477 g/mol. The zero-order valence-electron chi connectivity index (χ0n) is 16.9. The van der Waals surface area contributed by atoms with Crippen LogP contribution in [0.1, 0.15) is 51.9 Å². The van der Waals surface area contributed by atoms with Crippen LogP contribution in [0.2, 0.25) is 0 Å². The number of nitrogens with zero attached hydrogens (tertiary/aromatic N) is 3. The molecule has 0 aromatic heterocycles. The predicted octanol–water partition coefficient (Wildman–Crippen LogP) is 2.77. The summed E-state index contributed by atoms with van der Waals surface area (Å²) in [6.45, 7) is 10.3. The van der Waals surface area contributed by atoms with E-state index in [0.29, 0.717) is 6.04 Å². The van der Waals surface area contributed by atoms with Crippen molar-refractivity contribution in [3.8, 4) is 0 Å². The van der Waals surface area contributed by atoms with Gasteiger partial charge in [0.25, 0.3) is 0 Å². The lowest BCUT2D eigenvalue weighted by atomic mass is 9.99. The summed E-state index contributed by atoms with van der Waals surface area (Å²) < 4.78 is 0. The molecule has 1 aliphatic carbocycles. The largest absolute Gasteiger partial charge is 0.357 e. The Labute approximate surface area is 177 Å². The first-order valence-electron chi connectivity index (χ1n) is 10.7. The summed E-state index contributed by atoms with van der Waals surface area (Å²) >= 11 is 0. The minimum absolute atomic E-state index is 0. The second kappa shape index (κ2) is 11.7. The molecule has 1 saturated carbocycles. The van der Waals surface area contributed by atoms with Crippen molar-refractivity contribution in [2.45, 2.75) is 57.9 Å². The van der Waals surface area contributed by atoms with Gasteiger partial charge in [-0.1, -0.05) is 12.8 Å². The highest BCUT2D eigenvalue weighted by atomic mass is 127. The van der Waals surface area contributed by atoms with E-state index in [2.05, 4.69) is 34.4 Å². The third kappa shape index (κ3) is 7.15. The van der Waals surface area contributed by atoms with Crippen molar-refractivity contribution >= 4 is 29.9 Å². The maximum absolute atomic E-state index is 4.91. The Bertz CT molecular complexity index is 424. The number of hydrogen-bond acceptors (Lipinski definition) is 3. The third-order valence-electron chi connectivity index (χ3n) is 6.18. The highest BCUT2D eigenvalue weighted by Gasteiger charge is 2.26. The summed E-state index contributed by atoms with van der Waals surface area (Å²) in [5.74, 6) is 2.71. The van der Waals surface area contributed by atoms with Crippen LogP contribution in [0, 0.1) is 11.8 Å². The summed E-state index contributed by atoms with van der Waals surface area (Å²) in [4.78, 5) is 10.0. The van der Waals surface area contributed by atoms with Crippen LogP contribution in [0.25, 0.3) is 0 Å². The van der Waals surface area contributed by atoms with Gasteiger partial charge in [-0.15, -0.1) is 24.0 Å². The highest BCUT2D eigenvalue weighted by Crippen LogP contribution is 2.26. The number of nitrogens with one attached hydrogen (secondary N) is 2. The number of guanidine groups is 1. The molecule has 2 unspecified atom stereocenters. The molecule has 3 rings (SSSR count). The first kappa shape index (κ1) is 22.2. The van der Waals surface area contributed by atoms with Crippen molar-refractivity contribution in [3.05, 3.63) is 0 Å². The first-order chi connectivity index (χ1) is 12.2. The molecule has 6 heteroatoms. The number of aliphatic imine (C=N–C) groups is 1. The van der Waals surface area contributed by atoms with E-state index in [1.807, 2.05) is 0 Å². The van der Waals surface area contributed by atoms with Gasteiger partial charge in [-0.05, 0) is 64.5 Å². The molecule has 2 atom stereocenters. The Morgan fingerprint density at radius 1 is 1.00 bits per heavy atom. The van der Waals surface area contributed by atoms with Crippen LogP contribution in [-0.4, -0.2) is 74.7 Å². The van der Waals surface area contributed by atoms with Gasteiger partial charge in [0.05, 0.1) is 0 Å². The molecule has 0 aromatic rings. The standard InChI is InChI=1S/C20H39N5.HI/c1-3-21-20(22-13-18-9-6-11-24(2)14-18)23-19-10-12-25(16-19)15-17-7-4-5-8-17;/h17-19H,3-16H2,1-2H3,(H2,21,22,23);1H. The Morgan fingerprint density at radius 2 is 1.77 bits per heavy atom. The Balaban J connectivity index is 0.00000243. The molecular formula is C20H40IN5. The lowest BCUT2D eigenvalue weighted by Gasteiger charge is -2.29. The van der Waals surface area contributed by atoms with Crippen molar-refractivity contribution in [1.82, 2.24) is 20.4 Å². The van der Waals surface area contributed by atoms with E-state index in [-0.39, 0.29) is 24.0 Å². The van der Waals surface area contributed by atoms with Gasteiger partial charge in [0.2, 0.25) is 0 Å². The Kier molecular flexibility index (Phi) is 9.99. The molecule has 3 fully saturated rings. The average molecular weight is 477 g/mol. The molecular weight excluding hydrogens is 437 g/mol. The van der Waals surface area contributed by atoms with E-state index in [0.717, 1.165) is 30.9 Å². The topological polar surface area (TPSA) is 42.9 Å². The summed E-state index contributed by atoms with van der Waals surface area (Å²) in [5, 5.41) is 7.16. The van der Waals surface area contributed by atoms with Crippen LogP contribution in [0.3, 0.4) is 0 Å². The Hall–Kier alpha value is -0.0800. The number of piperidine rings is 1. The molecule has 2 heterocycles. The van der Waals surface area contributed by atoms with Crippen LogP contribution < -0.4 is 10.6 Å². The molecule has 0 radical (unpaired) electrons. The zero-order chi connectivity index (χ0) is 17.5. The number of likely N-dealkylation sites (tertiary alicyclic amines) is 2. The van der Waals surface area contributed by atoms with Gasteiger partial charge in [-0.3, -0.25) is 4.99 Å². The van der Waals surface area contributed by atoms with Crippen LogP contribution in [0.4, 0.5) is 0 Å². The van der Waals surface area contributed by atoms with E-state index in [4.69, 9.17) is 4.99 Å². The molecule has 2 N–H and O–H groups in total. The minimum atomic E-state index is 0. The summed E-state index contributed by atoms with van der Waals surface area (Å²) in [6, 6.07) is 0.563. The van der Waals surface area contributed by atoms with Crippen molar-refractivity contribution < 1.29 is 0 Å². The van der Waals surface area contributed by atoms with Crippen molar-refractivity contribution in [2.24, 2.45) is 16.8 Å². The smallest absolute Gasteiger partial charge is 0.191 e. The molecule has 0 amide bonds. The van der Waals surface area contributed by atoms with Gasteiger partial charge < -0.3 is 20.4 Å². The zero-order valence-corrected chi connectivity index (χ0v) is 19.2. The molecule has 26 heavy (non-hydrogen) atoms. The van der Waals surface area contributed by atoms with E-state index in [1.165, 1.54) is 77.7 Å². The maximum atomic E-state index is 4.91. The molecule has 152 valence electrons. The average Bonchev–Trinajstić information content (AvgIpc) is 3.26. The van der Waals surface area contributed by atoms with E-state index >= 15 is 0 Å². The van der Waals surface area contributed by atoms with Crippen molar-refractivity contribution in [1.29, 1.82) is 0 Å². The van der Waals surface area contributed by atoms with Gasteiger partial charge in [-0.2, -0.15) is 0 Å². The van der Waals surface area contributed by atoms with Crippen LogP contribution in [0.5, 0.6) is 0 Å². The van der Waals surface area contributed by atoms with E-state index in [1.54, 1.807) is 0 Å². The molecule has 0 bridgehead atoms. The molecule has 2 saturated heterocycles. The van der Waals surface area contributed by atoms with Gasteiger partial charge in [0.15, 0.2) is 5.96 Å². The molecule has 3 aliphatic rings. The van der Waals surface area contributed by atoms with Crippen molar-refractivity contribution in [2.75, 3.05) is 52.9 Å². The lowest BCUT2D eigenvalue weighted by Crippen LogP contribution is -2.45. The molecule has 2 aliphatic heterocycles. The maximum Gasteiger partial charge on any atom is 0.191 e. The fraction of sp³-hybridized carbons (Fsp3) is 0.950. The summed E-state index contributed by atoms with van der Waals surface area (Å²) in [7, 11) is 2.23. The van der Waals surface area contributed by atoms with Gasteiger partial charge in [-0.25, -0.2) is 0 Å². The van der Waals surface area contributed by atoms with Crippen molar-refractivity contribution in [3.63, 3.8) is 0 Å². The first-order valence-corrected chi connectivity index (χ1v) is 10.7. The quantitative estimate of drug-likeness (QED) is 0.351. The van der Waals surface area contributed by atoms with E-state index in [9.17, 15) is 0 Å².